The fourth-order valence-corrected chi connectivity index (χ4v) is 4.23. The van der Waals surface area contributed by atoms with Gasteiger partial charge in [0.15, 0.2) is 0 Å². The number of nitrogens with zero attached hydrogens (tertiary/aromatic N) is 2. The average Bonchev–Trinajstić information content (AvgIpc) is 3.20. The Morgan fingerprint density at radius 2 is 1.54 bits per heavy atom. The minimum absolute atomic E-state index is 0.166. The highest BCUT2D eigenvalue weighted by Gasteiger charge is 2.45. The minimum Gasteiger partial charge on any atom is -0.326 e. The van der Waals surface area contributed by atoms with Gasteiger partial charge in [0.05, 0.1) is 11.9 Å². The van der Waals surface area contributed by atoms with Gasteiger partial charge in [0, 0.05) is 24.2 Å². The van der Waals surface area contributed by atoms with Crippen LogP contribution in [0.15, 0.2) is 97.7 Å². The summed E-state index contributed by atoms with van der Waals surface area (Å²) in [5.74, 6) is 0.778. The molecular formula is C22H22N2. The second kappa shape index (κ2) is 6.48. The van der Waals surface area contributed by atoms with E-state index in [1.165, 1.54) is 5.56 Å². The summed E-state index contributed by atoms with van der Waals surface area (Å²) >= 11 is 0. The van der Waals surface area contributed by atoms with E-state index in [4.69, 9.17) is 0 Å². The number of hydrogen-bond acceptors (Lipinski definition) is 1. The quantitative estimate of drug-likeness (QED) is 0.785. The molecule has 1 aromatic heterocycles. The standard InChI is InChI=1S/C22H22N2/c1-4-10-19(11-5-1)22(24-17-16-23-18-24,20-12-6-2-7-13-20)21-14-8-3-9-15-21/h1-12,14,16-18,20-21H,13,15H2. The van der Waals surface area contributed by atoms with Gasteiger partial charge in [-0.3, -0.25) is 0 Å². The van der Waals surface area contributed by atoms with Crippen LogP contribution in [-0.4, -0.2) is 9.55 Å². The third-order valence-electron chi connectivity index (χ3n) is 5.26. The minimum atomic E-state index is -0.166. The molecule has 0 radical (unpaired) electrons. The van der Waals surface area contributed by atoms with E-state index in [-0.39, 0.29) is 5.54 Å². The SMILES string of the molecule is C1=CCC(C(c2ccccc2)(C2C=CC=CC2)n2ccnc2)C=C1. The van der Waals surface area contributed by atoms with Gasteiger partial charge in [-0.15, -0.1) is 0 Å². The Balaban J connectivity index is 1.95. The first-order valence-electron chi connectivity index (χ1n) is 8.63. The van der Waals surface area contributed by atoms with E-state index in [1.807, 2.05) is 12.5 Å². The number of aromatic nitrogens is 2. The van der Waals surface area contributed by atoms with Gasteiger partial charge in [0.2, 0.25) is 0 Å². The second-order valence-corrected chi connectivity index (χ2v) is 6.47. The molecule has 24 heavy (non-hydrogen) atoms. The van der Waals surface area contributed by atoms with E-state index in [2.05, 4.69) is 94.7 Å². The lowest BCUT2D eigenvalue weighted by Gasteiger charge is -2.47. The van der Waals surface area contributed by atoms with E-state index in [1.54, 1.807) is 0 Å². The molecular weight excluding hydrogens is 292 g/mol. The number of benzene rings is 1. The Labute approximate surface area is 143 Å². The van der Waals surface area contributed by atoms with Crippen LogP contribution >= 0.6 is 0 Å². The number of rotatable bonds is 4. The molecule has 0 N–H and O–H groups in total. The van der Waals surface area contributed by atoms with Crippen molar-refractivity contribution in [3.63, 3.8) is 0 Å². The van der Waals surface area contributed by atoms with Crippen LogP contribution in [-0.2, 0) is 5.54 Å². The van der Waals surface area contributed by atoms with Gasteiger partial charge in [-0.05, 0) is 18.4 Å². The maximum atomic E-state index is 4.38. The van der Waals surface area contributed by atoms with Gasteiger partial charge in [-0.2, -0.15) is 0 Å². The zero-order chi connectivity index (χ0) is 16.2. The molecule has 120 valence electrons. The van der Waals surface area contributed by atoms with E-state index in [9.17, 15) is 0 Å². The number of hydrogen-bond donors (Lipinski definition) is 0. The van der Waals surface area contributed by atoms with Crippen LogP contribution in [0, 0.1) is 11.8 Å². The summed E-state index contributed by atoms with van der Waals surface area (Å²) in [6.45, 7) is 0. The van der Waals surface area contributed by atoms with E-state index in [0.29, 0.717) is 11.8 Å². The van der Waals surface area contributed by atoms with Crippen LogP contribution < -0.4 is 0 Å². The first-order chi connectivity index (χ1) is 11.9. The lowest BCUT2D eigenvalue weighted by Crippen LogP contribution is -2.47. The maximum Gasteiger partial charge on any atom is 0.0954 e. The van der Waals surface area contributed by atoms with Crippen molar-refractivity contribution in [1.82, 2.24) is 9.55 Å². The molecule has 0 saturated carbocycles. The van der Waals surface area contributed by atoms with Crippen molar-refractivity contribution >= 4 is 0 Å². The monoisotopic (exact) mass is 314 g/mol. The van der Waals surface area contributed by atoms with E-state index >= 15 is 0 Å². The second-order valence-electron chi connectivity index (χ2n) is 6.47. The lowest BCUT2D eigenvalue weighted by molar-refractivity contribution is 0.187. The fourth-order valence-electron chi connectivity index (χ4n) is 4.23. The third-order valence-corrected chi connectivity index (χ3v) is 5.26. The molecule has 4 rings (SSSR count). The van der Waals surface area contributed by atoms with Crippen molar-refractivity contribution in [3.05, 3.63) is 103 Å². The van der Waals surface area contributed by atoms with Crippen molar-refractivity contribution in [3.8, 4) is 0 Å². The van der Waals surface area contributed by atoms with Crippen LogP contribution in [0.25, 0.3) is 0 Å². The van der Waals surface area contributed by atoms with Gasteiger partial charge < -0.3 is 4.57 Å². The molecule has 0 aliphatic heterocycles. The Morgan fingerprint density at radius 3 is 2.04 bits per heavy atom. The predicted octanol–water partition coefficient (Wildman–Crippen LogP) is 4.89. The van der Waals surface area contributed by atoms with Crippen LogP contribution in [0.3, 0.4) is 0 Å². The Kier molecular flexibility index (Phi) is 4.04. The van der Waals surface area contributed by atoms with Crippen LogP contribution in [0.4, 0.5) is 0 Å². The van der Waals surface area contributed by atoms with Crippen LogP contribution in [0.5, 0.6) is 0 Å². The van der Waals surface area contributed by atoms with Gasteiger partial charge in [0.1, 0.15) is 0 Å². The molecule has 2 aliphatic carbocycles. The molecule has 2 heteroatoms. The summed E-state index contributed by atoms with van der Waals surface area (Å²) in [5.41, 5.74) is 1.18. The Hall–Kier alpha value is -2.61. The van der Waals surface area contributed by atoms with Gasteiger partial charge in [-0.1, -0.05) is 78.9 Å². The van der Waals surface area contributed by atoms with Crippen molar-refractivity contribution < 1.29 is 0 Å². The van der Waals surface area contributed by atoms with Gasteiger partial charge >= 0.3 is 0 Å². The summed E-state index contributed by atoms with van der Waals surface area (Å²) in [7, 11) is 0. The predicted molar refractivity (Wildman–Crippen MR) is 98.5 cm³/mol. The lowest BCUT2D eigenvalue weighted by atomic mass is 9.65. The van der Waals surface area contributed by atoms with Crippen molar-refractivity contribution in [2.75, 3.05) is 0 Å². The highest BCUT2D eigenvalue weighted by atomic mass is 15.1. The van der Waals surface area contributed by atoms with E-state index < -0.39 is 0 Å². The molecule has 2 unspecified atom stereocenters. The molecule has 2 aliphatic rings. The molecule has 0 bridgehead atoms. The van der Waals surface area contributed by atoms with Crippen LogP contribution in [0.2, 0.25) is 0 Å². The molecule has 0 saturated heterocycles. The first-order valence-corrected chi connectivity index (χ1v) is 8.63. The zero-order valence-corrected chi connectivity index (χ0v) is 13.7. The largest absolute Gasteiger partial charge is 0.326 e. The molecule has 1 heterocycles. The first kappa shape index (κ1) is 14.9. The summed E-state index contributed by atoms with van der Waals surface area (Å²) in [6.07, 6.45) is 26.0. The number of allylic oxidation sites excluding steroid dienone is 8. The van der Waals surface area contributed by atoms with Gasteiger partial charge in [0.25, 0.3) is 0 Å². The van der Waals surface area contributed by atoms with Crippen molar-refractivity contribution in [1.29, 1.82) is 0 Å². The average molecular weight is 314 g/mol. The van der Waals surface area contributed by atoms with Crippen molar-refractivity contribution in [2.45, 2.75) is 18.4 Å². The van der Waals surface area contributed by atoms with Crippen molar-refractivity contribution in [2.24, 2.45) is 11.8 Å². The smallest absolute Gasteiger partial charge is 0.0954 e. The summed E-state index contributed by atoms with van der Waals surface area (Å²) in [4.78, 5) is 4.38. The maximum absolute atomic E-state index is 4.38. The molecule has 0 fully saturated rings. The highest BCUT2D eigenvalue weighted by molar-refractivity contribution is 5.35. The normalized spacial score (nSPS) is 24.8. The molecule has 2 nitrogen and oxygen atoms in total. The summed E-state index contributed by atoms with van der Waals surface area (Å²) < 4.78 is 2.32. The fraction of sp³-hybridized carbons (Fsp3) is 0.227. The molecule has 1 aromatic carbocycles. The topological polar surface area (TPSA) is 17.8 Å². The van der Waals surface area contributed by atoms with Gasteiger partial charge in [-0.25, -0.2) is 4.98 Å². The molecule has 2 atom stereocenters. The van der Waals surface area contributed by atoms with E-state index in [0.717, 1.165) is 12.8 Å². The summed E-state index contributed by atoms with van der Waals surface area (Å²) in [6, 6.07) is 10.9. The number of imidazole rings is 1. The van der Waals surface area contributed by atoms with Crippen LogP contribution in [0.1, 0.15) is 18.4 Å². The zero-order valence-electron chi connectivity index (χ0n) is 13.7. The highest BCUT2D eigenvalue weighted by Crippen LogP contribution is 2.47. The summed E-state index contributed by atoms with van der Waals surface area (Å²) in [5, 5.41) is 0. The molecule has 2 aromatic rings. The Morgan fingerprint density at radius 1 is 0.875 bits per heavy atom. The third kappa shape index (κ3) is 2.39. The molecule has 0 spiro atoms. The molecule has 0 amide bonds. The Bertz CT molecular complexity index is 749.